The van der Waals surface area contributed by atoms with Gasteiger partial charge in [0, 0.05) is 26.2 Å². The summed E-state index contributed by atoms with van der Waals surface area (Å²) in [5.41, 5.74) is 0.0855. The number of benzene rings is 1. The number of aryl methyl sites for hydroxylation is 1. The lowest BCUT2D eigenvalue weighted by Crippen LogP contribution is -2.53. The van der Waals surface area contributed by atoms with Gasteiger partial charge in [0.25, 0.3) is 5.56 Å². The Morgan fingerprint density at radius 2 is 2.05 bits per heavy atom. The maximum absolute atomic E-state index is 12.4. The zero-order chi connectivity index (χ0) is 13.6. The topological polar surface area (TPSA) is 65.3 Å². The fraction of sp³-hybridized carbons (Fsp3) is 0.385. The largest absolute Gasteiger partial charge is 0.497 e. The SMILES string of the molecule is COc1ccc2c(=O)n(C3CNC3)c(=O)n(C)c2c1. The van der Waals surface area contributed by atoms with E-state index in [4.69, 9.17) is 4.74 Å². The number of aromatic nitrogens is 2. The van der Waals surface area contributed by atoms with Crippen LogP contribution in [0.1, 0.15) is 6.04 Å². The van der Waals surface area contributed by atoms with Gasteiger partial charge in [0.05, 0.1) is 24.1 Å². The minimum atomic E-state index is -0.280. The molecule has 2 aromatic rings. The lowest BCUT2D eigenvalue weighted by Gasteiger charge is -2.28. The van der Waals surface area contributed by atoms with Crippen molar-refractivity contribution in [2.75, 3.05) is 20.2 Å². The Labute approximate surface area is 109 Å². The quantitative estimate of drug-likeness (QED) is 0.816. The van der Waals surface area contributed by atoms with Crippen LogP contribution in [-0.2, 0) is 7.05 Å². The fourth-order valence-electron chi connectivity index (χ4n) is 2.36. The lowest BCUT2D eigenvalue weighted by molar-refractivity contribution is 0.323. The molecule has 0 aliphatic carbocycles. The van der Waals surface area contributed by atoms with Crippen LogP contribution in [-0.4, -0.2) is 29.3 Å². The first kappa shape index (κ1) is 12.0. The van der Waals surface area contributed by atoms with E-state index in [2.05, 4.69) is 5.32 Å². The maximum Gasteiger partial charge on any atom is 0.331 e. The second-order valence-electron chi connectivity index (χ2n) is 4.71. The van der Waals surface area contributed by atoms with Crippen molar-refractivity contribution in [2.45, 2.75) is 6.04 Å². The molecule has 0 atom stereocenters. The number of hydrogen-bond acceptors (Lipinski definition) is 4. The van der Waals surface area contributed by atoms with Crippen molar-refractivity contribution in [3.63, 3.8) is 0 Å². The molecule has 19 heavy (non-hydrogen) atoms. The first-order chi connectivity index (χ1) is 9.13. The third-order valence-electron chi connectivity index (χ3n) is 3.63. The highest BCUT2D eigenvalue weighted by Crippen LogP contribution is 2.17. The predicted molar refractivity (Wildman–Crippen MR) is 71.9 cm³/mol. The third-order valence-corrected chi connectivity index (χ3v) is 3.63. The molecule has 1 N–H and O–H groups in total. The average Bonchev–Trinajstić information content (AvgIpc) is 2.38. The number of methoxy groups -OCH3 is 1. The summed E-state index contributed by atoms with van der Waals surface area (Å²) in [6, 6.07) is 5.11. The molecular formula is C13H15N3O3. The Morgan fingerprint density at radius 3 is 2.63 bits per heavy atom. The number of ether oxygens (including phenoxy) is 1. The Bertz CT molecular complexity index is 756. The van der Waals surface area contributed by atoms with Crippen molar-refractivity contribution in [3.05, 3.63) is 39.0 Å². The summed E-state index contributed by atoms with van der Waals surface area (Å²) in [7, 11) is 3.23. The molecule has 1 saturated heterocycles. The van der Waals surface area contributed by atoms with Crippen LogP contribution in [0.15, 0.2) is 27.8 Å². The smallest absolute Gasteiger partial charge is 0.331 e. The first-order valence-electron chi connectivity index (χ1n) is 6.13. The third kappa shape index (κ3) is 1.67. The van der Waals surface area contributed by atoms with E-state index in [0.29, 0.717) is 29.7 Å². The van der Waals surface area contributed by atoms with Crippen LogP contribution in [0.4, 0.5) is 0 Å². The van der Waals surface area contributed by atoms with Crippen LogP contribution in [0, 0.1) is 0 Å². The second kappa shape index (κ2) is 4.24. The molecule has 0 saturated carbocycles. The highest BCUT2D eigenvalue weighted by Gasteiger charge is 2.24. The van der Waals surface area contributed by atoms with Gasteiger partial charge in [0.15, 0.2) is 0 Å². The Kier molecular flexibility index (Phi) is 2.67. The van der Waals surface area contributed by atoms with Gasteiger partial charge >= 0.3 is 5.69 Å². The second-order valence-corrected chi connectivity index (χ2v) is 4.71. The van der Waals surface area contributed by atoms with E-state index in [9.17, 15) is 9.59 Å². The van der Waals surface area contributed by atoms with Crippen LogP contribution in [0.2, 0.25) is 0 Å². The lowest BCUT2D eigenvalue weighted by atomic mass is 10.1. The molecule has 100 valence electrons. The molecule has 0 bridgehead atoms. The van der Waals surface area contributed by atoms with Gasteiger partial charge in [-0.3, -0.25) is 13.9 Å². The number of hydrogen-bond donors (Lipinski definition) is 1. The zero-order valence-electron chi connectivity index (χ0n) is 10.8. The average molecular weight is 261 g/mol. The van der Waals surface area contributed by atoms with E-state index in [-0.39, 0.29) is 17.3 Å². The predicted octanol–water partition coefficient (Wildman–Crippen LogP) is -0.147. The summed E-state index contributed by atoms with van der Waals surface area (Å²) in [5, 5.41) is 3.61. The van der Waals surface area contributed by atoms with Gasteiger partial charge in [-0.1, -0.05) is 0 Å². The Hall–Kier alpha value is -2.08. The fourth-order valence-corrected chi connectivity index (χ4v) is 2.36. The van der Waals surface area contributed by atoms with Crippen molar-refractivity contribution in [1.82, 2.24) is 14.5 Å². The zero-order valence-corrected chi connectivity index (χ0v) is 10.8. The van der Waals surface area contributed by atoms with E-state index in [1.165, 1.54) is 9.13 Å². The normalized spacial score (nSPS) is 15.5. The molecule has 1 fully saturated rings. The molecular weight excluding hydrogens is 246 g/mol. The molecule has 1 aromatic carbocycles. The van der Waals surface area contributed by atoms with E-state index < -0.39 is 0 Å². The molecule has 3 rings (SSSR count). The van der Waals surface area contributed by atoms with Crippen molar-refractivity contribution in [3.8, 4) is 5.75 Å². The van der Waals surface area contributed by atoms with Crippen LogP contribution >= 0.6 is 0 Å². The van der Waals surface area contributed by atoms with Gasteiger partial charge in [0.2, 0.25) is 0 Å². The molecule has 1 aromatic heterocycles. The summed E-state index contributed by atoms with van der Waals surface area (Å²) < 4.78 is 7.97. The van der Waals surface area contributed by atoms with Crippen LogP contribution < -0.4 is 21.3 Å². The van der Waals surface area contributed by atoms with Crippen molar-refractivity contribution in [2.24, 2.45) is 7.05 Å². The van der Waals surface area contributed by atoms with E-state index >= 15 is 0 Å². The van der Waals surface area contributed by atoms with Crippen molar-refractivity contribution < 1.29 is 4.74 Å². The molecule has 2 heterocycles. The standard InChI is InChI=1S/C13H15N3O3/c1-15-11-5-9(19-2)3-4-10(11)12(17)16(13(15)18)8-6-14-7-8/h3-5,8,14H,6-7H2,1-2H3. The van der Waals surface area contributed by atoms with E-state index in [0.717, 1.165) is 0 Å². The Balaban J connectivity index is 2.37. The molecule has 0 unspecified atom stereocenters. The summed E-state index contributed by atoms with van der Waals surface area (Å²) >= 11 is 0. The minimum Gasteiger partial charge on any atom is -0.497 e. The first-order valence-corrected chi connectivity index (χ1v) is 6.13. The monoisotopic (exact) mass is 261 g/mol. The van der Waals surface area contributed by atoms with E-state index in [1.54, 1.807) is 32.4 Å². The number of nitrogens with zero attached hydrogens (tertiary/aromatic N) is 2. The highest BCUT2D eigenvalue weighted by molar-refractivity contribution is 5.79. The summed E-state index contributed by atoms with van der Waals surface area (Å²) in [6.45, 7) is 1.33. The minimum absolute atomic E-state index is 0.0438. The van der Waals surface area contributed by atoms with Crippen molar-refractivity contribution in [1.29, 1.82) is 0 Å². The molecule has 0 spiro atoms. The highest BCUT2D eigenvalue weighted by atomic mass is 16.5. The van der Waals surface area contributed by atoms with Gasteiger partial charge in [-0.15, -0.1) is 0 Å². The van der Waals surface area contributed by atoms with Gasteiger partial charge in [-0.2, -0.15) is 0 Å². The summed E-state index contributed by atoms with van der Waals surface area (Å²) in [4.78, 5) is 24.7. The molecule has 1 aliphatic rings. The number of nitrogens with one attached hydrogen (secondary N) is 1. The van der Waals surface area contributed by atoms with Crippen LogP contribution in [0.5, 0.6) is 5.75 Å². The van der Waals surface area contributed by atoms with Crippen molar-refractivity contribution >= 4 is 10.9 Å². The van der Waals surface area contributed by atoms with Gasteiger partial charge < -0.3 is 10.1 Å². The molecule has 6 nitrogen and oxygen atoms in total. The number of fused-ring (bicyclic) bond motifs is 1. The summed E-state index contributed by atoms with van der Waals surface area (Å²) in [5.74, 6) is 0.630. The van der Waals surface area contributed by atoms with Gasteiger partial charge in [-0.25, -0.2) is 4.79 Å². The molecule has 0 amide bonds. The number of rotatable bonds is 2. The Morgan fingerprint density at radius 1 is 1.32 bits per heavy atom. The molecule has 6 heteroatoms. The maximum atomic E-state index is 12.4. The van der Waals surface area contributed by atoms with E-state index in [1.807, 2.05) is 0 Å². The van der Waals surface area contributed by atoms with Crippen LogP contribution in [0.25, 0.3) is 10.9 Å². The van der Waals surface area contributed by atoms with Gasteiger partial charge in [-0.05, 0) is 12.1 Å². The molecule has 0 radical (unpaired) electrons. The van der Waals surface area contributed by atoms with Gasteiger partial charge in [0.1, 0.15) is 5.75 Å². The molecule has 1 aliphatic heterocycles. The van der Waals surface area contributed by atoms with Crippen LogP contribution in [0.3, 0.4) is 0 Å². The summed E-state index contributed by atoms with van der Waals surface area (Å²) in [6.07, 6.45) is 0.